The third-order valence-corrected chi connectivity index (χ3v) is 4.39. The average molecular weight is 306 g/mol. The Balaban J connectivity index is 1.66. The van der Waals surface area contributed by atoms with E-state index in [4.69, 9.17) is 0 Å². The molecular weight excluding hydrogens is 288 g/mol. The molecule has 0 spiro atoms. The van der Waals surface area contributed by atoms with Crippen molar-refractivity contribution in [3.63, 3.8) is 0 Å². The molecule has 0 aromatic heterocycles. The van der Waals surface area contributed by atoms with Crippen LogP contribution in [-0.2, 0) is 18.6 Å². The molecule has 0 bridgehead atoms. The van der Waals surface area contributed by atoms with Crippen LogP contribution in [0.2, 0.25) is 0 Å². The van der Waals surface area contributed by atoms with Crippen LogP contribution >= 0.6 is 0 Å². The van der Waals surface area contributed by atoms with Gasteiger partial charge in [-0.15, -0.1) is 0 Å². The zero-order valence-corrected chi connectivity index (χ0v) is 12.7. The van der Waals surface area contributed by atoms with Crippen LogP contribution in [0.15, 0.2) is 48.5 Å². The number of hydrogen-bond acceptors (Lipinski definition) is 3. The number of amides is 1. The molecule has 23 heavy (non-hydrogen) atoms. The van der Waals surface area contributed by atoms with E-state index in [2.05, 4.69) is 11.4 Å². The molecule has 116 valence electrons. The van der Waals surface area contributed by atoms with Crippen LogP contribution in [0.1, 0.15) is 39.9 Å². The van der Waals surface area contributed by atoms with Gasteiger partial charge in [-0.2, -0.15) is 5.26 Å². The van der Waals surface area contributed by atoms with Gasteiger partial charge in [0.15, 0.2) is 0 Å². The molecule has 0 aliphatic heterocycles. The molecular formula is C19H18N2O2. The number of carbonyl (C=O) groups excluding carboxylic acids is 1. The summed E-state index contributed by atoms with van der Waals surface area (Å²) in [6, 6.07) is 17.1. The van der Waals surface area contributed by atoms with Crippen molar-refractivity contribution in [2.75, 3.05) is 0 Å². The van der Waals surface area contributed by atoms with Crippen LogP contribution in [0.4, 0.5) is 0 Å². The molecule has 1 aliphatic carbocycles. The van der Waals surface area contributed by atoms with Crippen LogP contribution in [0.5, 0.6) is 0 Å². The standard InChI is InChI=1S/C19H18N2O2/c20-13-19(9-10-19)17-7-5-14(6-8-17)18(23)21-11-15-3-1-2-4-16(15)12-22/h1-8,22H,9-12H2,(H,21,23). The first-order valence-electron chi connectivity index (χ1n) is 7.66. The molecule has 1 aliphatic rings. The van der Waals surface area contributed by atoms with E-state index in [1.54, 1.807) is 12.1 Å². The molecule has 0 unspecified atom stereocenters. The molecule has 1 saturated carbocycles. The number of carbonyl (C=O) groups is 1. The summed E-state index contributed by atoms with van der Waals surface area (Å²) in [6.45, 7) is 0.330. The van der Waals surface area contributed by atoms with Crippen molar-refractivity contribution in [2.24, 2.45) is 0 Å². The molecule has 4 heteroatoms. The Hall–Kier alpha value is -2.64. The minimum absolute atomic E-state index is 0.0447. The van der Waals surface area contributed by atoms with Gasteiger partial charge in [0.05, 0.1) is 18.1 Å². The van der Waals surface area contributed by atoms with Crippen molar-refractivity contribution >= 4 is 5.91 Å². The molecule has 1 fully saturated rings. The molecule has 0 radical (unpaired) electrons. The van der Waals surface area contributed by atoms with E-state index in [-0.39, 0.29) is 17.9 Å². The van der Waals surface area contributed by atoms with Crippen molar-refractivity contribution < 1.29 is 9.90 Å². The van der Waals surface area contributed by atoms with Crippen LogP contribution in [-0.4, -0.2) is 11.0 Å². The van der Waals surface area contributed by atoms with Crippen LogP contribution in [0.25, 0.3) is 0 Å². The second-order valence-corrected chi connectivity index (χ2v) is 5.88. The summed E-state index contributed by atoms with van der Waals surface area (Å²) in [7, 11) is 0. The Bertz CT molecular complexity index is 756. The van der Waals surface area contributed by atoms with Crippen molar-refractivity contribution in [1.82, 2.24) is 5.32 Å². The van der Waals surface area contributed by atoms with Gasteiger partial charge in [-0.05, 0) is 41.7 Å². The minimum atomic E-state index is -0.324. The Labute approximate surface area is 135 Å². The summed E-state index contributed by atoms with van der Waals surface area (Å²) in [5.74, 6) is -0.161. The second-order valence-electron chi connectivity index (χ2n) is 5.88. The Morgan fingerprint density at radius 2 is 1.78 bits per heavy atom. The van der Waals surface area contributed by atoms with Gasteiger partial charge in [0, 0.05) is 12.1 Å². The smallest absolute Gasteiger partial charge is 0.251 e. The molecule has 2 aromatic carbocycles. The zero-order valence-electron chi connectivity index (χ0n) is 12.7. The van der Waals surface area contributed by atoms with E-state index in [9.17, 15) is 15.2 Å². The quantitative estimate of drug-likeness (QED) is 0.892. The summed E-state index contributed by atoms with van der Waals surface area (Å²) in [6.07, 6.45) is 1.79. The Kier molecular flexibility index (Phi) is 4.14. The number of nitriles is 1. The summed E-state index contributed by atoms with van der Waals surface area (Å²) in [5, 5.41) is 21.4. The van der Waals surface area contributed by atoms with Gasteiger partial charge in [0.1, 0.15) is 0 Å². The predicted molar refractivity (Wildman–Crippen MR) is 86.5 cm³/mol. The largest absolute Gasteiger partial charge is 0.392 e. The van der Waals surface area contributed by atoms with Gasteiger partial charge < -0.3 is 10.4 Å². The summed E-state index contributed by atoms with van der Waals surface area (Å²) in [5.41, 5.74) is 2.95. The van der Waals surface area contributed by atoms with Gasteiger partial charge in [-0.3, -0.25) is 4.79 Å². The number of rotatable bonds is 5. The lowest BCUT2D eigenvalue weighted by molar-refractivity contribution is 0.0950. The molecule has 0 heterocycles. The van der Waals surface area contributed by atoms with Crippen molar-refractivity contribution in [1.29, 1.82) is 5.26 Å². The maximum atomic E-state index is 12.2. The highest BCUT2D eigenvalue weighted by molar-refractivity contribution is 5.94. The first-order chi connectivity index (χ1) is 11.2. The monoisotopic (exact) mass is 306 g/mol. The fourth-order valence-corrected chi connectivity index (χ4v) is 2.69. The molecule has 1 amide bonds. The SMILES string of the molecule is N#CC1(c2ccc(C(=O)NCc3ccccc3CO)cc2)CC1. The molecule has 3 rings (SSSR count). The number of benzene rings is 2. The van der Waals surface area contributed by atoms with Crippen LogP contribution in [0.3, 0.4) is 0 Å². The molecule has 2 aromatic rings. The Morgan fingerprint density at radius 1 is 1.13 bits per heavy atom. The molecule has 0 atom stereocenters. The lowest BCUT2D eigenvalue weighted by atomic mass is 9.96. The normalized spacial score (nSPS) is 14.8. The fourth-order valence-electron chi connectivity index (χ4n) is 2.69. The number of nitrogens with zero attached hydrogens (tertiary/aromatic N) is 1. The first-order valence-corrected chi connectivity index (χ1v) is 7.66. The minimum Gasteiger partial charge on any atom is -0.392 e. The Morgan fingerprint density at radius 3 is 2.35 bits per heavy atom. The van der Waals surface area contributed by atoms with E-state index < -0.39 is 0 Å². The topological polar surface area (TPSA) is 73.1 Å². The molecule has 4 nitrogen and oxygen atoms in total. The highest BCUT2D eigenvalue weighted by Crippen LogP contribution is 2.47. The van der Waals surface area contributed by atoms with Crippen LogP contribution < -0.4 is 5.32 Å². The van der Waals surface area contributed by atoms with Gasteiger partial charge in [-0.1, -0.05) is 36.4 Å². The lowest BCUT2D eigenvalue weighted by Crippen LogP contribution is -2.23. The predicted octanol–water partition coefficient (Wildman–Crippen LogP) is 2.66. The third-order valence-electron chi connectivity index (χ3n) is 4.39. The fraction of sp³-hybridized carbons (Fsp3) is 0.263. The molecule has 2 N–H and O–H groups in total. The number of aliphatic hydroxyl groups excluding tert-OH is 1. The van der Waals surface area contributed by atoms with E-state index in [0.29, 0.717) is 12.1 Å². The lowest BCUT2D eigenvalue weighted by Gasteiger charge is -2.10. The van der Waals surface area contributed by atoms with E-state index in [1.165, 1.54) is 0 Å². The maximum Gasteiger partial charge on any atom is 0.251 e. The molecule has 0 saturated heterocycles. The van der Waals surface area contributed by atoms with Gasteiger partial charge in [0.25, 0.3) is 5.91 Å². The van der Waals surface area contributed by atoms with E-state index >= 15 is 0 Å². The highest BCUT2D eigenvalue weighted by atomic mass is 16.3. The number of nitrogens with one attached hydrogen (secondary N) is 1. The number of hydrogen-bond donors (Lipinski definition) is 2. The summed E-state index contributed by atoms with van der Waals surface area (Å²) < 4.78 is 0. The maximum absolute atomic E-state index is 12.2. The van der Waals surface area contributed by atoms with Crippen molar-refractivity contribution in [2.45, 2.75) is 31.4 Å². The van der Waals surface area contributed by atoms with Gasteiger partial charge in [0.2, 0.25) is 0 Å². The van der Waals surface area contributed by atoms with Crippen molar-refractivity contribution in [3.8, 4) is 6.07 Å². The van der Waals surface area contributed by atoms with Crippen molar-refractivity contribution in [3.05, 3.63) is 70.8 Å². The van der Waals surface area contributed by atoms with Crippen LogP contribution in [0, 0.1) is 11.3 Å². The van der Waals surface area contributed by atoms with E-state index in [1.807, 2.05) is 36.4 Å². The second kappa shape index (κ2) is 6.23. The third kappa shape index (κ3) is 3.10. The average Bonchev–Trinajstić information content (AvgIpc) is 3.41. The summed E-state index contributed by atoms with van der Waals surface area (Å²) >= 11 is 0. The first kappa shape index (κ1) is 15.3. The van der Waals surface area contributed by atoms with Gasteiger partial charge >= 0.3 is 0 Å². The van der Waals surface area contributed by atoms with Gasteiger partial charge in [-0.25, -0.2) is 0 Å². The zero-order chi connectivity index (χ0) is 16.3. The van der Waals surface area contributed by atoms with E-state index in [0.717, 1.165) is 29.5 Å². The summed E-state index contributed by atoms with van der Waals surface area (Å²) in [4.78, 5) is 12.2. The number of aliphatic hydroxyl groups is 1. The highest BCUT2D eigenvalue weighted by Gasteiger charge is 2.44.